The minimum absolute atomic E-state index is 0.587. The van der Waals surface area contributed by atoms with Crippen molar-refractivity contribution in [2.45, 2.75) is 6.92 Å². The molecule has 3 rings (SSSR count). The molecule has 1 N–H and O–H groups in total. The molecule has 1 heterocycles. The Morgan fingerprint density at radius 3 is 2.75 bits per heavy atom. The van der Waals surface area contributed by atoms with Gasteiger partial charge in [0.1, 0.15) is 6.07 Å². The normalized spacial score (nSPS) is 10.7. The highest BCUT2D eigenvalue weighted by Crippen LogP contribution is 2.27. The Morgan fingerprint density at radius 2 is 2.00 bits per heavy atom. The van der Waals surface area contributed by atoms with Gasteiger partial charge >= 0.3 is 0 Å². The molecule has 0 aliphatic rings. The van der Waals surface area contributed by atoms with Gasteiger partial charge in [-0.1, -0.05) is 28.1 Å². The number of nitriles is 1. The highest BCUT2D eigenvalue weighted by atomic mass is 79.9. The number of hydrogen-bond donors (Lipinski definition) is 1. The lowest BCUT2D eigenvalue weighted by Gasteiger charge is -2.09. The van der Waals surface area contributed by atoms with Crippen LogP contribution in [0, 0.1) is 23.0 Å². The van der Waals surface area contributed by atoms with E-state index in [1.54, 1.807) is 6.07 Å². The van der Waals surface area contributed by atoms with E-state index in [2.05, 4.69) is 27.0 Å². The summed E-state index contributed by atoms with van der Waals surface area (Å²) in [5.41, 5.74) is 4.40. The highest BCUT2D eigenvalue weighted by molar-refractivity contribution is 9.10. The van der Waals surface area contributed by atoms with Crippen molar-refractivity contribution < 1.29 is 0 Å². The quantitative estimate of drug-likeness (QED) is 0.654. The first-order chi connectivity index (χ1) is 9.63. The van der Waals surface area contributed by atoms with Crippen LogP contribution in [0.2, 0.25) is 0 Å². The van der Waals surface area contributed by atoms with Gasteiger partial charge in [-0.05, 0) is 49.0 Å². The third-order valence-electron chi connectivity index (χ3n) is 3.32. The van der Waals surface area contributed by atoms with Crippen molar-refractivity contribution >= 4 is 39.2 Å². The van der Waals surface area contributed by atoms with Gasteiger partial charge in [-0.25, -0.2) is 0 Å². The van der Waals surface area contributed by atoms with Crippen molar-refractivity contribution in [3.8, 4) is 11.8 Å². The number of rotatable bonds is 1. The first kappa shape index (κ1) is 13.1. The Bertz CT molecular complexity index is 915. The van der Waals surface area contributed by atoms with Crippen LogP contribution < -0.4 is 0 Å². The molecule has 0 radical (unpaired) electrons. The van der Waals surface area contributed by atoms with Crippen molar-refractivity contribution in [2.24, 2.45) is 0 Å². The molecule has 3 aromatic rings. The summed E-state index contributed by atoms with van der Waals surface area (Å²) in [6.45, 7) is 2.04. The average molecular weight is 344 g/mol. The zero-order chi connectivity index (χ0) is 14.3. The molecule has 0 bridgehead atoms. The molecule has 5 heteroatoms. The third-order valence-corrected chi connectivity index (χ3v) is 4.46. The fourth-order valence-electron chi connectivity index (χ4n) is 2.30. The van der Waals surface area contributed by atoms with Crippen LogP contribution >= 0.6 is 28.1 Å². The molecule has 0 fully saturated rings. The number of imidazole rings is 1. The van der Waals surface area contributed by atoms with Crippen LogP contribution in [-0.4, -0.2) is 9.55 Å². The summed E-state index contributed by atoms with van der Waals surface area (Å²) in [4.78, 5) is 3.13. The van der Waals surface area contributed by atoms with Gasteiger partial charge in [-0.15, -0.1) is 0 Å². The lowest BCUT2D eigenvalue weighted by Crippen LogP contribution is -1.97. The Hall–Kier alpha value is -1.90. The van der Waals surface area contributed by atoms with E-state index in [1.807, 2.05) is 41.8 Å². The number of para-hydroxylation sites is 1. The van der Waals surface area contributed by atoms with E-state index >= 15 is 0 Å². The second-order valence-corrected chi connectivity index (χ2v) is 5.70. The van der Waals surface area contributed by atoms with E-state index in [1.165, 1.54) is 0 Å². The van der Waals surface area contributed by atoms with Crippen LogP contribution in [0.3, 0.4) is 0 Å². The molecule has 0 saturated carbocycles. The predicted molar refractivity (Wildman–Crippen MR) is 85.6 cm³/mol. The summed E-state index contributed by atoms with van der Waals surface area (Å²) in [6.07, 6.45) is 0. The number of aromatic nitrogens is 2. The molecule has 20 heavy (non-hydrogen) atoms. The van der Waals surface area contributed by atoms with E-state index < -0.39 is 0 Å². The molecule has 0 atom stereocenters. The summed E-state index contributed by atoms with van der Waals surface area (Å²) in [5, 5.41) is 9.18. The molecule has 1 aromatic heterocycles. The Balaban J connectivity index is 2.44. The van der Waals surface area contributed by atoms with Crippen LogP contribution in [0.1, 0.15) is 11.1 Å². The molecule has 98 valence electrons. The largest absolute Gasteiger partial charge is 0.329 e. The van der Waals surface area contributed by atoms with Gasteiger partial charge in [0.2, 0.25) is 0 Å². The molecule has 2 aromatic carbocycles. The Labute approximate surface area is 129 Å². The predicted octanol–water partition coefficient (Wildman–Crippen LogP) is 4.63. The molecule has 0 amide bonds. The van der Waals surface area contributed by atoms with Gasteiger partial charge in [0.25, 0.3) is 0 Å². The van der Waals surface area contributed by atoms with E-state index in [4.69, 9.17) is 12.2 Å². The molecule has 0 saturated heterocycles. The topological polar surface area (TPSA) is 44.5 Å². The number of nitrogens with one attached hydrogen (secondary N) is 1. The maximum atomic E-state index is 9.18. The minimum atomic E-state index is 0.587. The van der Waals surface area contributed by atoms with Gasteiger partial charge in [0, 0.05) is 4.47 Å². The third kappa shape index (κ3) is 1.89. The lowest BCUT2D eigenvalue weighted by molar-refractivity contribution is 1.05. The maximum absolute atomic E-state index is 9.18. The van der Waals surface area contributed by atoms with Gasteiger partial charge in [0.15, 0.2) is 4.77 Å². The molecule has 3 nitrogen and oxygen atoms in total. The van der Waals surface area contributed by atoms with Crippen molar-refractivity contribution in [3.63, 3.8) is 0 Å². The van der Waals surface area contributed by atoms with E-state index in [9.17, 15) is 5.26 Å². The molecule has 0 aliphatic carbocycles. The number of H-pyrrole nitrogens is 1. The zero-order valence-electron chi connectivity index (χ0n) is 10.6. The molecular formula is C15H10BrN3S. The number of benzene rings is 2. The fraction of sp³-hybridized carbons (Fsp3) is 0.0667. The van der Waals surface area contributed by atoms with E-state index in [-0.39, 0.29) is 0 Å². The maximum Gasteiger partial charge on any atom is 0.182 e. The summed E-state index contributed by atoms with van der Waals surface area (Å²) >= 11 is 8.97. The van der Waals surface area contributed by atoms with Gasteiger partial charge < -0.3 is 4.98 Å². The van der Waals surface area contributed by atoms with Crippen LogP contribution in [-0.2, 0) is 0 Å². The minimum Gasteiger partial charge on any atom is -0.329 e. The van der Waals surface area contributed by atoms with Gasteiger partial charge in [-0.3, -0.25) is 4.57 Å². The number of halogens is 1. The summed E-state index contributed by atoms with van der Waals surface area (Å²) in [6, 6.07) is 13.8. The number of hydrogen-bond acceptors (Lipinski definition) is 2. The number of nitrogens with zero attached hydrogens (tertiary/aromatic N) is 2. The van der Waals surface area contributed by atoms with Gasteiger partial charge in [-0.2, -0.15) is 5.26 Å². The highest BCUT2D eigenvalue weighted by Gasteiger charge is 2.12. The molecule has 0 spiro atoms. The van der Waals surface area contributed by atoms with E-state index in [0.29, 0.717) is 10.3 Å². The SMILES string of the molecule is Cc1c(Br)cccc1-n1c(=S)[nH]c2c(C#N)cccc21. The zero-order valence-corrected chi connectivity index (χ0v) is 13.0. The first-order valence-electron chi connectivity index (χ1n) is 6.03. The molecule has 0 unspecified atom stereocenters. The monoisotopic (exact) mass is 343 g/mol. The average Bonchev–Trinajstić information content (AvgIpc) is 2.78. The first-order valence-corrected chi connectivity index (χ1v) is 7.23. The Morgan fingerprint density at radius 1 is 1.25 bits per heavy atom. The van der Waals surface area contributed by atoms with Crippen molar-refractivity contribution in [3.05, 3.63) is 56.8 Å². The van der Waals surface area contributed by atoms with Crippen LogP contribution in [0.15, 0.2) is 40.9 Å². The number of fused-ring (bicyclic) bond motifs is 1. The summed E-state index contributed by atoms with van der Waals surface area (Å²) in [5.74, 6) is 0. The lowest BCUT2D eigenvalue weighted by atomic mass is 10.1. The second kappa shape index (κ2) is 4.89. The molecule has 0 aliphatic heterocycles. The van der Waals surface area contributed by atoms with E-state index in [0.717, 1.165) is 26.8 Å². The second-order valence-electron chi connectivity index (χ2n) is 4.46. The standard InChI is InChI=1S/C15H10BrN3S/c1-9-11(16)5-3-6-12(9)19-13-7-2-4-10(8-17)14(13)18-15(19)20/h2-7H,1H3,(H,18,20). The molecular weight excluding hydrogens is 334 g/mol. The van der Waals surface area contributed by atoms with Crippen molar-refractivity contribution in [1.82, 2.24) is 9.55 Å². The smallest absolute Gasteiger partial charge is 0.182 e. The van der Waals surface area contributed by atoms with Crippen LogP contribution in [0.5, 0.6) is 0 Å². The Kier molecular flexibility index (Phi) is 3.20. The number of aromatic amines is 1. The van der Waals surface area contributed by atoms with Gasteiger partial charge in [0.05, 0.1) is 22.3 Å². The van der Waals surface area contributed by atoms with Crippen LogP contribution in [0.4, 0.5) is 0 Å². The summed E-state index contributed by atoms with van der Waals surface area (Å²) in [7, 11) is 0. The van der Waals surface area contributed by atoms with Crippen LogP contribution in [0.25, 0.3) is 16.7 Å². The van der Waals surface area contributed by atoms with Crippen molar-refractivity contribution in [1.29, 1.82) is 5.26 Å². The fourth-order valence-corrected chi connectivity index (χ4v) is 2.96. The van der Waals surface area contributed by atoms with Crippen molar-refractivity contribution in [2.75, 3.05) is 0 Å². The summed E-state index contributed by atoms with van der Waals surface area (Å²) < 4.78 is 3.58.